The van der Waals surface area contributed by atoms with Crippen LogP contribution in [0.4, 0.5) is 0 Å². The number of rotatable bonds is 1. The Morgan fingerprint density at radius 1 is 1.27 bits per heavy atom. The van der Waals surface area contributed by atoms with E-state index < -0.39 is 0 Å². The first-order valence-corrected chi connectivity index (χ1v) is 4.52. The summed E-state index contributed by atoms with van der Waals surface area (Å²) in [4.78, 5) is 2.33. The molecule has 1 aliphatic rings. The number of nitrogens with zero attached hydrogens (tertiary/aromatic N) is 1. The van der Waals surface area contributed by atoms with Crippen molar-refractivity contribution < 1.29 is 0 Å². The van der Waals surface area contributed by atoms with Gasteiger partial charge in [-0.3, -0.25) is 0 Å². The van der Waals surface area contributed by atoms with E-state index in [9.17, 15) is 0 Å². The van der Waals surface area contributed by atoms with E-state index >= 15 is 0 Å². The van der Waals surface area contributed by atoms with Gasteiger partial charge in [0.25, 0.3) is 0 Å². The summed E-state index contributed by atoms with van der Waals surface area (Å²) >= 11 is 0. The average molecular weight is 156 g/mol. The Bertz CT molecular complexity index is 113. The molecule has 2 heteroatoms. The Morgan fingerprint density at radius 3 is 2.27 bits per heavy atom. The van der Waals surface area contributed by atoms with Crippen molar-refractivity contribution in [3.63, 3.8) is 0 Å². The summed E-state index contributed by atoms with van der Waals surface area (Å²) in [6.07, 6.45) is 1.31. The molecule has 1 aliphatic heterocycles. The Balaban J connectivity index is 2.55. The topological polar surface area (TPSA) is 15.3 Å². The predicted octanol–water partition coefficient (Wildman–Crippen LogP) is 0.934. The second-order valence-corrected chi connectivity index (χ2v) is 3.96. The quantitative estimate of drug-likeness (QED) is 0.607. The molecule has 1 rings (SSSR count). The highest BCUT2D eigenvalue weighted by Crippen LogP contribution is 2.19. The first kappa shape index (κ1) is 9.01. The smallest absolute Gasteiger partial charge is 0.0266 e. The summed E-state index contributed by atoms with van der Waals surface area (Å²) in [6, 6.07) is 1.36. The zero-order valence-corrected chi connectivity index (χ0v) is 8.09. The van der Waals surface area contributed by atoms with E-state index in [1.54, 1.807) is 0 Å². The molecule has 11 heavy (non-hydrogen) atoms. The molecular formula is C9H20N2. The highest BCUT2D eigenvalue weighted by Gasteiger charge is 2.28. The predicted molar refractivity (Wildman–Crippen MR) is 48.7 cm³/mol. The van der Waals surface area contributed by atoms with Gasteiger partial charge in [0.05, 0.1) is 0 Å². The van der Waals surface area contributed by atoms with Gasteiger partial charge in [0.15, 0.2) is 0 Å². The normalized spacial score (nSPS) is 39.5. The van der Waals surface area contributed by atoms with Gasteiger partial charge in [0.1, 0.15) is 0 Å². The summed E-state index contributed by atoms with van der Waals surface area (Å²) in [5, 5.41) is 3.50. The lowest BCUT2D eigenvalue weighted by Gasteiger charge is -2.39. The molecule has 1 N–H and O–H groups in total. The van der Waals surface area contributed by atoms with Crippen LogP contribution in [0.2, 0.25) is 0 Å². The molecule has 0 saturated carbocycles. The fourth-order valence-corrected chi connectivity index (χ4v) is 2.28. The van der Waals surface area contributed by atoms with E-state index in [4.69, 9.17) is 0 Å². The molecule has 1 fully saturated rings. The molecule has 1 heterocycles. The van der Waals surface area contributed by atoms with Gasteiger partial charge < -0.3 is 10.2 Å². The number of hydrogen-bond donors (Lipinski definition) is 1. The highest BCUT2D eigenvalue weighted by atomic mass is 15.2. The molecule has 1 saturated heterocycles. The van der Waals surface area contributed by atoms with Crippen LogP contribution in [0, 0.1) is 5.92 Å². The first-order valence-electron chi connectivity index (χ1n) is 4.52. The number of piperidine rings is 1. The molecule has 0 bridgehead atoms. The summed E-state index contributed by atoms with van der Waals surface area (Å²) in [6.45, 7) is 5.81. The molecule has 0 aliphatic carbocycles. The van der Waals surface area contributed by atoms with Gasteiger partial charge in [0, 0.05) is 12.1 Å². The molecule has 0 amide bonds. The minimum Gasteiger partial charge on any atom is -0.313 e. The van der Waals surface area contributed by atoms with Crippen LogP contribution >= 0.6 is 0 Å². The van der Waals surface area contributed by atoms with Crippen molar-refractivity contribution >= 4 is 0 Å². The molecule has 66 valence electrons. The Labute approximate surface area is 70.0 Å². The Kier molecular flexibility index (Phi) is 2.90. The number of nitrogens with one attached hydrogen (secondary N) is 1. The second-order valence-electron chi connectivity index (χ2n) is 3.96. The minimum atomic E-state index is 0.647. The van der Waals surface area contributed by atoms with Crippen molar-refractivity contribution in [2.24, 2.45) is 5.92 Å². The van der Waals surface area contributed by atoms with Crippen LogP contribution in [0.3, 0.4) is 0 Å². The van der Waals surface area contributed by atoms with Crippen molar-refractivity contribution in [1.82, 2.24) is 10.2 Å². The van der Waals surface area contributed by atoms with E-state index in [1.807, 2.05) is 0 Å². The Hall–Kier alpha value is -0.0800. The van der Waals surface area contributed by atoms with Crippen LogP contribution in [-0.4, -0.2) is 37.6 Å². The van der Waals surface area contributed by atoms with Crippen molar-refractivity contribution in [2.75, 3.05) is 20.6 Å². The molecule has 0 spiro atoms. The van der Waals surface area contributed by atoms with Gasteiger partial charge in [0.2, 0.25) is 0 Å². The van der Waals surface area contributed by atoms with Crippen LogP contribution in [0.15, 0.2) is 0 Å². The van der Waals surface area contributed by atoms with E-state index in [1.165, 1.54) is 13.0 Å². The largest absolute Gasteiger partial charge is 0.313 e. The average Bonchev–Trinajstić information content (AvgIpc) is 1.85. The maximum Gasteiger partial charge on any atom is 0.0266 e. The zero-order chi connectivity index (χ0) is 8.43. The molecule has 0 radical (unpaired) electrons. The third-order valence-corrected chi connectivity index (χ3v) is 2.76. The number of hydrogen-bond acceptors (Lipinski definition) is 2. The SMILES string of the molecule is CC1CCNC(C)C1N(C)C. The molecule has 0 aromatic heterocycles. The lowest BCUT2D eigenvalue weighted by atomic mass is 9.88. The third kappa shape index (κ3) is 1.94. The summed E-state index contributed by atoms with van der Waals surface area (Å²) < 4.78 is 0. The van der Waals surface area contributed by atoms with Gasteiger partial charge in [-0.1, -0.05) is 6.92 Å². The molecule has 2 nitrogen and oxygen atoms in total. The summed E-state index contributed by atoms with van der Waals surface area (Å²) in [5.74, 6) is 0.834. The van der Waals surface area contributed by atoms with Crippen LogP contribution < -0.4 is 5.32 Å². The lowest BCUT2D eigenvalue weighted by Crippen LogP contribution is -2.53. The Morgan fingerprint density at radius 2 is 1.91 bits per heavy atom. The van der Waals surface area contributed by atoms with Crippen LogP contribution in [0.5, 0.6) is 0 Å². The molecule has 0 aromatic carbocycles. The summed E-state index contributed by atoms with van der Waals surface area (Å²) in [5.41, 5.74) is 0. The minimum absolute atomic E-state index is 0.647. The third-order valence-electron chi connectivity index (χ3n) is 2.76. The lowest BCUT2D eigenvalue weighted by molar-refractivity contribution is 0.140. The maximum atomic E-state index is 3.50. The van der Waals surface area contributed by atoms with Gasteiger partial charge >= 0.3 is 0 Å². The molecule has 3 atom stereocenters. The zero-order valence-electron chi connectivity index (χ0n) is 8.09. The van der Waals surface area contributed by atoms with Crippen molar-refractivity contribution in [3.8, 4) is 0 Å². The highest BCUT2D eigenvalue weighted by molar-refractivity contribution is 4.87. The second kappa shape index (κ2) is 3.55. The monoisotopic (exact) mass is 156 g/mol. The molecule has 0 aromatic rings. The van der Waals surface area contributed by atoms with Gasteiger partial charge in [-0.15, -0.1) is 0 Å². The molecule has 3 unspecified atom stereocenters. The van der Waals surface area contributed by atoms with E-state index in [0.29, 0.717) is 12.1 Å². The first-order chi connectivity index (χ1) is 5.13. The van der Waals surface area contributed by atoms with Crippen LogP contribution in [-0.2, 0) is 0 Å². The van der Waals surface area contributed by atoms with Crippen LogP contribution in [0.25, 0.3) is 0 Å². The van der Waals surface area contributed by atoms with Crippen molar-refractivity contribution in [2.45, 2.75) is 32.4 Å². The van der Waals surface area contributed by atoms with Gasteiger partial charge in [-0.25, -0.2) is 0 Å². The fraction of sp³-hybridized carbons (Fsp3) is 1.00. The van der Waals surface area contributed by atoms with Crippen molar-refractivity contribution in [1.29, 1.82) is 0 Å². The van der Waals surface area contributed by atoms with Crippen LogP contribution in [0.1, 0.15) is 20.3 Å². The van der Waals surface area contributed by atoms with E-state index in [0.717, 1.165) is 5.92 Å². The van der Waals surface area contributed by atoms with E-state index in [2.05, 4.69) is 38.2 Å². The standard InChI is InChI=1S/C9H20N2/c1-7-5-6-10-8(2)9(7)11(3)4/h7-10H,5-6H2,1-4H3. The van der Waals surface area contributed by atoms with E-state index in [-0.39, 0.29) is 0 Å². The summed E-state index contributed by atoms with van der Waals surface area (Å²) in [7, 11) is 4.34. The fourth-order valence-electron chi connectivity index (χ4n) is 2.28. The van der Waals surface area contributed by atoms with Crippen molar-refractivity contribution in [3.05, 3.63) is 0 Å². The number of likely N-dealkylation sites (N-methyl/N-ethyl adjacent to an activating group) is 1. The molecular weight excluding hydrogens is 136 g/mol. The van der Waals surface area contributed by atoms with Gasteiger partial charge in [-0.05, 0) is 39.9 Å². The van der Waals surface area contributed by atoms with Gasteiger partial charge in [-0.2, -0.15) is 0 Å². The maximum absolute atomic E-state index is 3.50.